The summed E-state index contributed by atoms with van der Waals surface area (Å²) in [6, 6.07) is 12.6. The Bertz CT molecular complexity index is 595. The van der Waals surface area contributed by atoms with E-state index in [0.29, 0.717) is 6.04 Å². The first-order valence-electron chi connectivity index (χ1n) is 7.20. The summed E-state index contributed by atoms with van der Waals surface area (Å²) < 4.78 is 5.38. The van der Waals surface area contributed by atoms with Gasteiger partial charge in [0.15, 0.2) is 5.82 Å². The lowest BCUT2D eigenvalue weighted by atomic mass is 10.2. The van der Waals surface area contributed by atoms with E-state index in [2.05, 4.69) is 15.5 Å². The van der Waals surface area contributed by atoms with Crippen LogP contribution >= 0.6 is 0 Å². The minimum atomic E-state index is 0.683. The van der Waals surface area contributed by atoms with Gasteiger partial charge >= 0.3 is 0 Å². The van der Waals surface area contributed by atoms with Gasteiger partial charge in [0.2, 0.25) is 0 Å². The molecule has 1 fully saturated rings. The maximum Gasteiger partial charge on any atom is 0.155 e. The highest BCUT2D eigenvalue weighted by Gasteiger charge is 2.20. The molecule has 1 heterocycles. The Labute approximate surface area is 125 Å². The minimum Gasteiger partial charge on any atom is -0.495 e. The van der Waals surface area contributed by atoms with Crippen LogP contribution < -0.4 is 15.0 Å². The standard InChI is InChI=1S/C16H20N4O/c1-20(14-5-3-4-6-15(14)21-2)16-10-9-13(18-19-16)11-17-12-7-8-12/h3-6,9-10,12,17H,7-8,11H2,1-2H3. The van der Waals surface area contributed by atoms with E-state index in [0.717, 1.165) is 29.5 Å². The van der Waals surface area contributed by atoms with Crippen molar-refractivity contribution in [3.8, 4) is 5.75 Å². The first kappa shape index (κ1) is 13.8. The second-order valence-corrected chi connectivity index (χ2v) is 5.27. The van der Waals surface area contributed by atoms with Gasteiger partial charge in [0, 0.05) is 19.6 Å². The molecule has 5 nitrogen and oxygen atoms in total. The van der Waals surface area contributed by atoms with Crippen LogP contribution in [-0.4, -0.2) is 30.4 Å². The molecule has 0 saturated heterocycles. The zero-order valence-corrected chi connectivity index (χ0v) is 12.4. The second-order valence-electron chi connectivity index (χ2n) is 5.27. The van der Waals surface area contributed by atoms with Crippen molar-refractivity contribution < 1.29 is 4.74 Å². The Kier molecular flexibility index (Phi) is 4.01. The summed E-state index contributed by atoms with van der Waals surface area (Å²) in [7, 11) is 3.63. The molecular weight excluding hydrogens is 264 g/mol. The summed E-state index contributed by atoms with van der Waals surface area (Å²) in [6.45, 7) is 0.788. The number of benzene rings is 1. The van der Waals surface area contributed by atoms with E-state index in [-0.39, 0.29) is 0 Å². The zero-order chi connectivity index (χ0) is 14.7. The van der Waals surface area contributed by atoms with Gasteiger partial charge in [0.1, 0.15) is 5.75 Å². The molecule has 21 heavy (non-hydrogen) atoms. The van der Waals surface area contributed by atoms with Crippen LogP contribution in [0.15, 0.2) is 36.4 Å². The second kappa shape index (κ2) is 6.10. The molecule has 0 atom stereocenters. The summed E-state index contributed by atoms with van der Waals surface area (Å²) in [5, 5.41) is 12.0. The molecule has 1 aromatic heterocycles. The molecule has 0 bridgehead atoms. The van der Waals surface area contributed by atoms with Gasteiger partial charge in [0.25, 0.3) is 0 Å². The van der Waals surface area contributed by atoms with Crippen LogP contribution in [0, 0.1) is 0 Å². The Morgan fingerprint density at radius 1 is 1.19 bits per heavy atom. The predicted octanol–water partition coefficient (Wildman–Crippen LogP) is 2.51. The highest BCUT2D eigenvalue weighted by atomic mass is 16.5. The summed E-state index contributed by atoms with van der Waals surface area (Å²) in [4.78, 5) is 1.98. The summed E-state index contributed by atoms with van der Waals surface area (Å²) in [5.74, 6) is 1.62. The quantitative estimate of drug-likeness (QED) is 0.883. The van der Waals surface area contributed by atoms with E-state index in [1.54, 1.807) is 7.11 Å². The van der Waals surface area contributed by atoms with Crippen molar-refractivity contribution in [2.45, 2.75) is 25.4 Å². The Balaban J connectivity index is 1.72. The van der Waals surface area contributed by atoms with Crippen molar-refractivity contribution in [2.75, 3.05) is 19.1 Å². The van der Waals surface area contributed by atoms with Gasteiger partial charge in [-0.25, -0.2) is 0 Å². The number of hydrogen-bond acceptors (Lipinski definition) is 5. The van der Waals surface area contributed by atoms with E-state index in [4.69, 9.17) is 4.74 Å². The fraction of sp³-hybridized carbons (Fsp3) is 0.375. The topological polar surface area (TPSA) is 50.3 Å². The van der Waals surface area contributed by atoms with Crippen LogP contribution in [0.25, 0.3) is 0 Å². The van der Waals surface area contributed by atoms with Crippen LogP contribution in [0.2, 0.25) is 0 Å². The summed E-state index contributed by atoms with van der Waals surface area (Å²) in [6.07, 6.45) is 2.56. The highest BCUT2D eigenvalue weighted by molar-refractivity contribution is 5.66. The number of rotatable bonds is 6. The third-order valence-electron chi connectivity index (χ3n) is 3.65. The molecule has 0 radical (unpaired) electrons. The largest absolute Gasteiger partial charge is 0.495 e. The van der Waals surface area contributed by atoms with Gasteiger partial charge in [0.05, 0.1) is 18.5 Å². The Morgan fingerprint density at radius 2 is 2.00 bits per heavy atom. The maximum atomic E-state index is 5.38. The number of para-hydroxylation sites is 2. The average Bonchev–Trinajstić information content (AvgIpc) is 3.37. The van der Waals surface area contributed by atoms with E-state index in [9.17, 15) is 0 Å². The van der Waals surface area contributed by atoms with Gasteiger partial charge in [-0.3, -0.25) is 0 Å². The minimum absolute atomic E-state index is 0.683. The predicted molar refractivity (Wildman–Crippen MR) is 83.0 cm³/mol. The van der Waals surface area contributed by atoms with E-state index >= 15 is 0 Å². The fourth-order valence-corrected chi connectivity index (χ4v) is 2.19. The third kappa shape index (κ3) is 3.31. The molecular formula is C16H20N4O. The molecule has 0 aliphatic heterocycles. The van der Waals surface area contributed by atoms with Crippen LogP contribution in [0.3, 0.4) is 0 Å². The number of hydrogen-bond donors (Lipinski definition) is 1. The number of aromatic nitrogens is 2. The molecule has 0 amide bonds. The van der Waals surface area contributed by atoms with Crippen LogP contribution in [0.1, 0.15) is 18.5 Å². The number of nitrogens with one attached hydrogen (secondary N) is 1. The first-order chi connectivity index (χ1) is 10.3. The molecule has 1 aliphatic rings. The molecule has 5 heteroatoms. The van der Waals surface area contributed by atoms with Gasteiger partial charge < -0.3 is 15.0 Å². The average molecular weight is 284 g/mol. The highest BCUT2D eigenvalue weighted by Crippen LogP contribution is 2.30. The number of ether oxygens (including phenoxy) is 1. The van der Waals surface area contributed by atoms with Gasteiger partial charge in [-0.2, -0.15) is 5.10 Å². The molecule has 0 unspecified atom stereocenters. The van der Waals surface area contributed by atoms with Gasteiger partial charge in [-0.05, 0) is 37.1 Å². The van der Waals surface area contributed by atoms with Crippen molar-refractivity contribution in [2.24, 2.45) is 0 Å². The molecule has 1 saturated carbocycles. The van der Waals surface area contributed by atoms with Crippen LogP contribution in [0.5, 0.6) is 5.75 Å². The smallest absolute Gasteiger partial charge is 0.155 e. The first-order valence-corrected chi connectivity index (χ1v) is 7.20. The van der Waals surface area contributed by atoms with Crippen molar-refractivity contribution in [3.05, 3.63) is 42.1 Å². The Morgan fingerprint density at radius 3 is 2.67 bits per heavy atom. The van der Waals surface area contributed by atoms with Crippen molar-refractivity contribution in [3.63, 3.8) is 0 Å². The lowest BCUT2D eigenvalue weighted by Crippen LogP contribution is -2.18. The molecule has 0 spiro atoms. The molecule has 1 aliphatic carbocycles. The maximum absolute atomic E-state index is 5.38. The van der Waals surface area contributed by atoms with Crippen molar-refractivity contribution >= 4 is 11.5 Å². The summed E-state index contributed by atoms with van der Waals surface area (Å²) >= 11 is 0. The third-order valence-corrected chi connectivity index (χ3v) is 3.65. The molecule has 1 N–H and O–H groups in total. The van der Waals surface area contributed by atoms with Gasteiger partial charge in [-0.15, -0.1) is 5.10 Å². The zero-order valence-electron chi connectivity index (χ0n) is 12.4. The number of nitrogens with zero attached hydrogens (tertiary/aromatic N) is 3. The molecule has 2 aromatic rings. The normalized spacial score (nSPS) is 14.0. The van der Waals surface area contributed by atoms with E-state index in [1.807, 2.05) is 48.3 Å². The van der Waals surface area contributed by atoms with Gasteiger partial charge in [-0.1, -0.05) is 12.1 Å². The monoisotopic (exact) mass is 284 g/mol. The fourth-order valence-electron chi connectivity index (χ4n) is 2.19. The van der Waals surface area contributed by atoms with Crippen molar-refractivity contribution in [1.82, 2.24) is 15.5 Å². The number of anilines is 2. The van der Waals surface area contributed by atoms with Crippen molar-refractivity contribution in [1.29, 1.82) is 0 Å². The lowest BCUT2D eigenvalue weighted by Gasteiger charge is -2.20. The Hall–Kier alpha value is -2.14. The SMILES string of the molecule is COc1ccccc1N(C)c1ccc(CNC2CC2)nn1. The van der Waals surface area contributed by atoms with E-state index < -0.39 is 0 Å². The molecule has 110 valence electrons. The number of methoxy groups -OCH3 is 1. The van der Waals surface area contributed by atoms with E-state index in [1.165, 1.54) is 12.8 Å². The van der Waals surface area contributed by atoms with Crippen LogP contribution in [-0.2, 0) is 6.54 Å². The van der Waals surface area contributed by atoms with Crippen LogP contribution in [0.4, 0.5) is 11.5 Å². The summed E-state index contributed by atoms with van der Waals surface area (Å²) in [5.41, 5.74) is 1.94. The molecule has 3 rings (SSSR count). The molecule has 1 aromatic carbocycles. The lowest BCUT2D eigenvalue weighted by molar-refractivity contribution is 0.415.